The van der Waals surface area contributed by atoms with Crippen molar-refractivity contribution in [3.63, 3.8) is 0 Å². The number of amides is 1. The molecule has 0 saturated heterocycles. The van der Waals surface area contributed by atoms with E-state index in [0.717, 1.165) is 57.8 Å². The molecular formula is C56H107NO5. The molecule has 0 aromatic carbocycles. The van der Waals surface area contributed by atoms with Gasteiger partial charge in [-0.15, -0.1) is 0 Å². The standard InChI is InChI=1S/C56H107NO5/c1-4-7-10-13-16-19-21-23-25-27-29-31-33-36-38-41-44-47-52(50-55(60)57-53(51-58)54(59)48-45-42-39-35-18-15-12-9-6-3)62-56(61)49-46-43-40-37-34-32-30-28-26-24-22-20-17-14-11-8-5-2/h23-26,52-54,58-59H,4-22,27-51H2,1-3H3,(H,57,60)/b25-23+,26-24+. The maximum absolute atomic E-state index is 13.2. The van der Waals surface area contributed by atoms with Crippen molar-refractivity contribution >= 4 is 11.9 Å². The fourth-order valence-corrected chi connectivity index (χ4v) is 8.54. The van der Waals surface area contributed by atoms with Crippen LogP contribution < -0.4 is 5.32 Å². The van der Waals surface area contributed by atoms with Crippen molar-refractivity contribution in [3.8, 4) is 0 Å². The molecule has 0 aliphatic heterocycles. The first kappa shape index (κ1) is 60.3. The Morgan fingerprint density at radius 1 is 0.452 bits per heavy atom. The van der Waals surface area contributed by atoms with Crippen LogP contribution in [-0.2, 0) is 14.3 Å². The van der Waals surface area contributed by atoms with Crippen LogP contribution in [0.15, 0.2) is 24.3 Å². The van der Waals surface area contributed by atoms with E-state index in [9.17, 15) is 19.8 Å². The highest BCUT2D eigenvalue weighted by molar-refractivity contribution is 5.77. The van der Waals surface area contributed by atoms with Gasteiger partial charge in [-0.2, -0.15) is 0 Å². The molecule has 0 spiro atoms. The number of esters is 1. The van der Waals surface area contributed by atoms with Crippen molar-refractivity contribution in [1.29, 1.82) is 0 Å². The van der Waals surface area contributed by atoms with Crippen LogP contribution in [0.4, 0.5) is 0 Å². The second-order valence-electron chi connectivity index (χ2n) is 19.0. The summed E-state index contributed by atoms with van der Waals surface area (Å²) in [6.07, 6.45) is 58.2. The van der Waals surface area contributed by atoms with Gasteiger partial charge in [0.25, 0.3) is 0 Å². The van der Waals surface area contributed by atoms with Crippen molar-refractivity contribution < 1.29 is 24.5 Å². The highest BCUT2D eigenvalue weighted by atomic mass is 16.5. The van der Waals surface area contributed by atoms with Gasteiger partial charge in [-0.05, 0) is 77.0 Å². The summed E-state index contributed by atoms with van der Waals surface area (Å²) in [6, 6.07) is -0.699. The molecule has 0 heterocycles. The molecule has 366 valence electrons. The van der Waals surface area contributed by atoms with Crippen LogP contribution in [0.2, 0.25) is 0 Å². The van der Waals surface area contributed by atoms with Gasteiger partial charge in [0, 0.05) is 6.42 Å². The fraction of sp³-hybridized carbons (Fsp3) is 0.893. The van der Waals surface area contributed by atoms with Crippen molar-refractivity contribution in [2.45, 2.75) is 315 Å². The lowest BCUT2D eigenvalue weighted by atomic mass is 10.0. The van der Waals surface area contributed by atoms with Crippen LogP contribution in [0.5, 0.6) is 0 Å². The predicted molar refractivity (Wildman–Crippen MR) is 269 cm³/mol. The van der Waals surface area contributed by atoms with Gasteiger partial charge in [0.1, 0.15) is 6.10 Å². The van der Waals surface area contributed by atoms with Gasteiger partial charge in [-0.25, -0.2) is 0 Å². The molecule has 3 N–H and O–H groups in total. The molecule has 3 unspecified atom stereocenters. The number of aliphatic hydroxyl groups excluding tert-OH is 2. The van der Waals surface area contributed by atoms with E-state index in [-0.39, 0.29) is 24.9 Å². The number of carbonyl (C=O) groups is 2. The number of ether oxygens (including phenoxy) is 1. The van der Waals surface area contributed by atoms with E-state index in [0.29, 0.717) is 19.3 Å². The minimum absolute atomic E-state index is 0.0770. The third-order valence-corrected chi connectivity index (χ3v) is 12.8. The van der Waals surface area contributed by atoms with Crippen molar-refractivity contribution in [3.05, 3.63) is 24.3 Å². The lowest BCUT2D eigenvalue weighted by Crippen LogP contribution is -2.46. The van der Waals surface area contributed by atoms with Gasteiger partial charge in [-0.1, -0.05) is 231 Å². The summed E-state index contributed by atoms with van der Waals surface area (Å²) in [6.45, 7) is 6.48. The van der Waals surface area contributed by atoms with Crippen molar-refractivity contribution in [2.75, 3.05) is 6.61 Å². The van der Waals surface area contributed by atoms with Crippen molar-refractivity contribution in [1.82, 2.24) is 5.32 Å². The number of rotatable bonds is 50. The minimum atomic E-state index is -0.785. The summed E-state index contributed by atoms with van der Waals surface area (Å²) in [4.78, 5) is 26.2. The van der Waals surface area contributed by atoms with E-state index in [1.165, 1.54) is 193 Å². The summed E-state index contributed by atoms with van der Waals surface area (Å²) in [5, 5.41) is 23.7. The molecule has 0 radical (unpaired) electrons. The Morgan fingerprint density at radius 3 is 1.15 bits per heavy atom. The summed E-state index contributed by atoms with van der Waals surface area (Å²) >= 11 is 0. The quantitative estimate of drug-likeness (QED) is 0.0321. The second kappa shape index (κ2) is 50.3. The second-order valence-corrected chi connectivity index (χ2v) is 19.0. The Hall–Kier alpha value is -1.66. The molecule has 0 saturated carbocycles. The first-order chi connectivity index (χ1) is 30.5. The zero-order chi connectivity index (χ0) is 45.2. The number of carbonyl (C=O) groups excluding carboxylic acids is 2. The van der Waals surface area contributed by atoms with E-state index in [1.807, 2.05) is 0 Å². The van der Waals surface area contributed by atoms with E-state index in [2.05, 4.69) is 50.4 Å². The maximum Gasteiger partial charge on any atom is 0.306 e. The number of hydrogen-bond donors (Lipinski definition) is 3. The van der Waals surface area contributed by atoms with E-state index in [1.54, 1.807) is 0 Å². The molecule has 0 aromatic heterocycles. The van der Waals surface area contributed by atoms with Gasteiger partial charge < -0.3 is 20.3 Å². The lowest BCUT2D eigenvalue weighted by Gasteiger charge is -2.24. The molecule has 0 aliphatic carbocycles. The Kier molecular flexibility index (Phi) is 49.0. The topological polar surface area (TPSA) is 95.9 Å². The normalized spacial score (nSPS) is 13.3. The molecule has 6 heteroatoms. The molecule has 1 amide bonds. The Bertz CT molecular complexity index is 981. The molecule has 0 aliphatic rings. The van der Waals surface area contributed by atoms with Crippen LogP contribution in [0.25, 0.3) is 0 Å². The average molecular weight is 874 g/mol. The van der Waals surface area contributed by atoms with E-state index >= 15 is 0 Å². The van der Waals surface area contributed by atoms with Crippen LogP contribution in [0.3, 0.4) is 0 Å². The summed E-state index contributed by atoms with van der Waals surface area (Å²) < 4.78 is 5.95. The van der Waals surface area contributed by atoms with Gasteiger partial charge in [-0.3, -0.25) is 9.59 Å². The number of hydrogen-bond acceptors (Lipinski definition) is 5. The van der Waals surface area contributed by atoms with Crippen LogP contribution >= 0.6 is 0 Å². The summed E-state index contributed by atoms with van der Waals surface area (Å²) in [5.74, 6) is -0.469. The molecule has 0 aromatic rings. The smallest absolute Gasteiger partial charge is 0.306 e. The molecule has 0 bridgehead atoms. The Morgan fingerprint density at radius 2 is 0.774 bits per heavy atom. The third kappa shape index (κ3) is 44.9. The lowest BCUT2D eigenvalue weighted by molar-refractivity contribution is -0.151. The fourth-order valence-electron chi connectivity index (χ4n) is 8.54. The SMILES string of the molecule is CCCCCCCC/C=C/CCCCCCCCCC(=O)OC(CCCCCCCCC/C=C/CCCCCCCC)CC(=O)NC(CO)C(O)CCCCCCCCCCC. The van der Waals surface area contributed by atoms with Crippen LogP contribution in [0, 0.1) is 0 Å². The third-order valence-electron chi connectivity index (χ3n) is 12.8. The molecule has 0 fully saturated rings. The van der Waals surface area contributed by atoms with Crippen LogP contribution in [0.1, 0.15) is 297 Å². The highest BCUT2D eigenvalue weighted by Crippen LogP contribution is 2.18. The summed E-state index contributed by atoms with van der Waals surface area (Å²) in [5.41, 5.74) is 0. The van der Waals surface area contributed by atoms with Crippen molar-refractivity contribution in [2.24, 2.45) is 0 Å². The first-order valence-electron chi connectivity index (χ1n) is 27.6. The maximum atomic E-state index is 13.2. The largest absolute Gasteiger partial charge is 0.462 e. The van der Waals surface area contributed by atoms with Gasteiger partial charge >= 0.3 is 5.97 Å². The van der Waals surface area contributed by atoms with Gasteiger partial charge in [0.2, 0.25) is 5.91 Å². The summed E-state index contributed by atoms with van der Waals surface area (Å²) in [7, 11) is 0. The highest BCUT2D eigenvalue weighted by Gasteiger charge is 2.24. The zero-order valence-corrected chi connectivity index (χ0v) is 41.8. The monoisotopic (exact) mass is 874 g/mol. The molecule has 0 rings (SSSR count). The molecular weight excluding hydrogens is 767 g/mol. The number of allylic oxidation sites excluding steroid dienone is 4. The number of nitrogens with one attached hydrogen (secondary N) is 1. The van der Waals surface area contributed by atoms with Gasteiger partial charge in [0.15, 0.2) is 0 Å². The number of aliphatic hydroxyl groups is 2. The van der Waals surface area contributed by atoms with E-state index < -0.39 is 18.2 Å². The first-order valence-corrected chi connectivity index (χ1v) is 27.6. The Balaban J connectivity index is 4.53. The predicted octanol–water partition coefficient (Wildman–Crippen LogP) is 16.7. The van der Waals surface area contributed by atoms with Gasteiger partial charge in [0.05, 0.1) is 25.2 Å². The molecule has 6 nitrogen and oxygen atoms in total. The van der Waals surface area contributed by atoms with E-state index in [4.69, 9.17) is 4.74 Å². The van der Waals surface area contributed by atoms with Crippen LogP contribution in [-0.4, -0.2) is 46.9 Å². The molecule has 3 atom stereocenters. The number of unbranched alkanes of at least 4 members (excludes halogenated alkanes) is 34. The average Bonchev–Trinajstić information content (AvgIpc) is 3.26. The Labute approximate surface area is 386 Å². The zero-order valence-electron chi connectivity index (χ0n) is 41.8. The minimum Gasteiger partial charge on any atom is -0.462 e. The molecule has 62 heavy (non-hydrogen) atoms.